The quantitative estimate of drug-likeness (QED) is 0.728. The second-order valence-corrected chi connectivity index (χ2v) is 1.50. The number of hydrogen-bond donors (Lipinski definition) is 1. The van der Waals surface area contributed by atoms with Crippen molar-refractivity contribution in [3.63, 3.8) is 0 Å². The molecule has 0 amide bonds. The van der Waals surface area contributed by atoms with E-state index in [0.717, 1.165) is 6.92 Å². The first kappa shape index (κ1) is 24.8. The number of alkyl halides is 1. The van der Waals surface area contributed by atoms with Crippen LogP contribution in [0.15, 0.2) is 0 Å². The Labute approximate surface area is 51.5 Å². The first-order valence-corrected chi connectivity index (χ1v) is 1.97. The minimum Gasteiger partial charge on any atom is -0.362 e. The molecule has 3 heteroatoms. The molecule has 0 saturated heterocycles. The van der Waals surface area contributed by atoms with E-state index in [-0.39, 0.29) is 21.3 Å². The fourth-order valence-corrected chi connectivity index (χ4v) is 0. The average Bonchev–Trinajstić information content (AvgIpc) is 1.35. The Kier molecular flexibility index (Phi) is 18.9. The van der Waals surface area contributed by atoms with Crippen molar-refractivity contribution >= 4 is 0 Å². The molecule has 1 nitrogen and oxygen atoms in total. The molecule has 0 saturated carbocycles. The molecule has 0 radical (unpaired) electrons. The van der Waals surface area contributed by atoms with Gasteiger partial charge in [-0.15, -0.1) is 0 Å². The van der Waals surface area contributed by atoms with Crippen molar-refractivity contribution in [3.05, 3.63) is 0 Å². The summed E-state index contributed by atoms with van der Waals surface area (Å²) < 4.78 is 11.7. The maximum atomic E-state index is 11.7. The first-order chi connectivity index (χ1) is 2.56. The Hall–Kier alpha value is -1.11. The first-order valence-electron chi connectivity index (χ1n) is 1.97. The van der Waals surface area contributed by atoms with Crippen LogP contribution >= 0.6 is 0 Å². The van der Waals surface area contributed by atoms with Crippen LogP contribution in [0.1, 0.15) is 35.1 Å². The molecule has 0 aromatic rings. The predicted molar refractivity (Wildman–Crippen MR) is 35.5 cm³/mol. The van der Waals surface area contributed by atoms with Gasteiger partial charge in [-0.3, -0.25) is 0 Å². The molecule has 9 heavy (non-hydrogen) atoms. The van der Waals surface area contributed by atoms with E-state index in [1.165, 1.54) is 0 Å². The van der Waals surface area contributed by atoms with Gasteiger partial charge in [0.15, 0.2) is 0 Å². The van der Waals surface area contributed by atoms with Gasteiger partial charge in [-0.2, -0.15) is 0 Å². The van der Waals surface area contributed by atoms with Gasteiger partial charge in [0.2, 0.25) is 5.85 Å². The fraction of sp³-hybridized carbons (Fsp3) is 1.00. The van der Waals surface area contributed by atoms with Crippen LogP contribution in [-0.2, 0) is 0 Å². The van der Waals surface area contributed by atoms with Gasteiger partial charge in [0.05, 0.1) is 0 Å². The van der Waals surface area contributed by atoms with Crippen molar-refractivity contribution in [2.45, 2.75) is 41.0 Å². The Bertz CT molecular complexity index is 42.8. The van der Waals surface area contributed by atoms with Gasteiger partial charge in [-0.1, -0.05) is 21.8 Å². The van der Waals surface area contributed by atoms with E-state index in [1.54, 1.807) is 6.92 Å². The molecule has 0 aliphatic rings. The van der Waals surface area contributed by atoms with Crippen molar-refractivity contribution in [1.82, 2.24) is 0 Å². The van der Waals surface area contributed by atoms with E-state index in [0.29, 0.717) is 0 Å². The SMILES string of the molecule is C.C.CCC(C)(O)F.[Rf]. The molecule has 0 rings (SSSR count). The van der Waals surface area contributed by atoms with Crippen LogP contribution in [0.4, 0.5) is 4.39 Å². The van der Waals surface area contributed by atoms with Crippen LogP contribution in [-0.4, -0.2) is 11.0 Å². The molecule has 0 fully saturated rings. The average molecular weight is 391 g/mol. The molecule has 0 aliphatic carbocycles. The number of rotatable bonds is 1. The smallest absolute Gasteiger partial charge is 0.203 e. The third kappa shape index (κ3) is 46.1. The molecular formula is C6H17FORf. The molecular weight excluding hydrogens is 374 g/mol. The standard InChI is InChI=1S/C4H9FO.2CH4.Rf/c1-3-4(2,5)6;;;/h6H,3H2,1-2H3;2*1H4;. The molecule has 0 heterocycles. The summed E-state index contributed by atoms with van der Waals surface area (Å²) in [6, 6.07) is 0. The van der Waals surface area contributed by atoms with Crippen LogP contribution in [0.25, 0.3) is 0 Å². The van der Waals surface area contributed by atoms with Gasteiger partial charge in [-0.05, 0) is 6.92 Å². The normalized spacial score (nSPS) is 13.3. The molecule has 0 aromatic carbocycles. The van der Waals surface area contributed by atoms with E-state index in [4.69, 9.17) is 5.11 Å². The monoisotopic (exact) mass is 391 g/mol. The summed E-state index contributed by atoms with van der Waals surface area (Å²) in [5.74, 6) is -1.96. The van der Waals surface area contributed by atoms with Crippen LogP contribution in [0.2, 0.25) is 0 Å². The van der Waals surface area contributed by atoms with Gasteiger partial charge >= 0.3 is 0 Å². The van der Waals surface area contributed by atoms with Crippen molar-refractivity contribution in [2.24, 2.45) is 0 Å². The zero-order chi connectivity index (χ0) is 5.21. The van der Waals surface area contributed by atoms with Crippen molar-refractivity contribution in [3.8, 4) is 0 Å². The molecule has 1 atom stereocenters. The number of halogens is 1. The van der Waals surface area contributed by atoms with Crippen LogP contribution in [0.5, 0.6) is 0 Å². The second kappa shape index (κ2) is 6.89. The van der Waals surface area contributed by atoms with E-state index < -0.39 is 5.85 Å². The third-order valence-electron chi connectivity index (χ3n) is 0.645. The maximum Gasteiger partial charge on any atom is 0.203 e. The fourth-order valence-electron chi connectivity index (χ4n) is 0. The van der Waals surface area contributed by atoms with Crippen LogP contribution in [0.3, 0.4) is 0 Å². The molecule has 56 valence electrons. The van der Waals surface area contributed by atoms with E-state index in [9.17, 15) is 4.39 Å². The Balaban J connectivity index is -0.0000000417. The minimum atomic E-state index is -1.96. The minimum absolute atomic E-state index is 0. The maximum absolute atomic E-state index is 11.7. The molecule has 0 bridgehead atoms. The van der Waals surface area contributed by atoms with Crippen LogP contribution < -0.4 is 0 Å². The van der Waals surface area contributed by atoms with Gasteiger partial charge in [-0.25, -0.2) is 4.39 Å². The summed E-state index contributed by atoms with van der Waals surface area (Å²) in [6.07, 6.45) is 0.160. The summed E-state index contributed by atoms with van der Waals surface area (Å²) in [4.78, 5) is 0. The summed E-state index contributed by atoms with van der Waals surface area (Å²) >= 11 is 0. The van der Waals surface area contributed by atoms with Gasteiger partial charge < -0.3 is 5.11 Å². The Morgan fingerprint density at radius 2 is 1.56 bits per heavy atom. The summed E-state index contributed by atoms with van der Waals surface area (Å²) in [7, 11) is 0. The molecule has 1 unspecified atom stereocenters. The van der Waals surface area contributed by atoms with Gasteiger partial charge in [0, 0.05) is 6.42 Å². The molecule has 1 N–H and O–H groups in total. The molecule has 0 aliphatic heterocycles. The zero-order valence-electron chi connectivity index (χ0n) is 4.74. The van der Waals surface area contributed by atoms with Crippen molar-refractivity contribution < 1.29 is 9.50 Å². The largest absolute Gasteiger partial charge is 0.362 e. The number of aliphatic hydroxyl groups is 1. The molecule has 0 aromatic heterocycles. The molecule has 0 spiro atoms. The van der Waals surface area contributed by atoms with Crippen molar-refractivity contribution in [2.75, 3.05) is 0 Å². The Morgan fingerprint density at radius 3 is 1.56 bits per heavy atom. The van der Waals surface area contributed by atoms with Crippen molar-refractivity contribution in [1.29, 1.82) is 0 Å². The summed E-state index contributed by atoms with van der Waals surface area (Å²) in [6.45, 7) is 2.72. The summed E-state index contributed by atoms with van der Waals surface area (Å²) in [5.41, 5.74) is 0. The zero-order valence-corrected chi connectivity index (χ0v) is 11.1. The topological polar surface area (TPSA) is 20.2 Å². The van der Waals surface area contributed by atoms with E-state index >= 15 is 0 Å². The Morgan fingerprint density at radius 1 is 1.44 bits per heavy atom. The predicted octanol–water partition coefficient (Wildman–Crippen LogP) is 2.35. The van der Waals surface area contributed by atoms with E-state index in [1.807, 2.05) is 0 Å². The van der Waals surface area contributed by atoms with Gasteiger partial charge in [0.1, 0.15) is 0 Å². The number of hydrogen-bond acceptors (Lipinski definition) is 1. The third-order valence-corrected chi connectivity index (χ3v) is 0.645. The van der Waals surface area contributed by atoms with Gasteiger partial charge in [0.25, 0.3) is 0 Å². The summed E-state index contributed by atoms with van der Waals surface area (Å²) in [5, 5.41) is 8.16. The van der Waals surface area contributed by atoms with E-state index in [2.05, 4.69) is 0 Å². The second-order valence-electron chi connectivity index (χ2n) is 1.50. The van der Waals surface area contributed by atoms with Crippen LogP contribution in [0, 0.1) is 0 Å².